The molecule has 8 heteroatoms. The fourth-order valence-corrected chi connectivity index (χ4v) is 2.75. The molecule has 2 aromatic heterocycles. The van der Waals surface area contributed by atoms with Crippen LogP contribution in [0.3, 0.4) is 0 Å². The smallest absolute Gasteiger partial charge is 0.293 e. The van der Waals surface area contributed by atoms with Crippen LogP contribution in [0.4, 0.5) is 5.69 Å². The summed E-state index contributed by atoms with van der Waals surface area (Å²) in [6.45, 7) is 2.79. The molecular formula is C20H22ClN3O3S. The van der Waals surface area contributed by atoms with Crippen LogP contribution in [-0.4, -0.2) is 22.6 Å². The van der Waals surface area contributed by atoms with Gasteiger partial charge in [0, 0.05) is 17.8 Å². The summed E-state index contributed by atoms with van der Waals surface area (Å²) in [7, 11) is 0. The van der Waals surface area contributed by atoms with Crippen molar-refractivity contribution in [2.75, 3.05) is 11.9 Å². The van der Waals surface area contributed by atoms with Crippen molar-refractivity contribution in [1.82, 2.24) is 10.3 Å². The third-order valence-corrected chi connectivity index (χ3v) is 4.11. The van der Waals surface area contributed by atoms with Crippen LogP contribution in [0.25, 0.3) is 11.0 Å². The molecule has 2 heterocycles. The fourth-order valence-electron chi connectivity index (χ4n) is 2.54. The normalized spacial score (nSPS) is 10.2. The van der Waals surface area contributed by atoms with Crippen LogP contribution in [0.1, 0.15) is 36.7 Å². The Hall–Kier alpha value is -2.64. The van der Waals surface area contributed by atoms with Gasteiger partial charge in [-0.1, -0.05) is 31.9 Å². The number of hydrogen-bond acceptors (Lipinski definition) is 5. The summed E-state index contributed by atoms with van der Waals surface area (Å²) in [5.41, 5.74) is 1.30. The third kappa shape index (κ3) is 5.68. The molecule has 0 bridgehead atoms. The van der Waals surface area contributed by atoms with Gasteiger partial charge < -0.3 is 14.5 Å². The molecule has 0 unspecified atom stereocenters. The zero-order valence-corrected chi connectivity index (χ0v) is 17.1. The Bertz CT molecular complexity index is 912. The predicted molar refractivity (Wildman–Crippen MR) is 116 cm³/mol. The number of nitrogens with zero attached hydrogens (tertiary/aromatic N) is 1. The van der Waals surface area contributed by atoms with Crippen molar-refractivity contribution < 1.29 is 13.9 Å². The number of pyridine rings is 1. The summed E-state index contributed by atoms with van der Waals surface area (Å²) in [4.78, 5) is 16.4. The molecule has 1 amide bonds. The number of anilines is 1. The second-order valence-electron chi connectivity index (χ2n) is 5.98. The first kappa shape index (κ1) is 21.7. The van der Waals surface area contributed by atoms with E-state index in [1.807, 2.05) is 24.3 Å². The predicted octanol–water partition coefficient (Wildman–Crippen LogP) is 4.95. The summed E-state index contributed by atoms with van der Waals surface area (Å²) in [6.07, 6.45) is 6.50. The van der Waals surface area contributed by atoms with E-state index >= 15 is 0 Å². The molecule has 0 aliphatic rings. The van der Waals surface area contributed by atoms with Crippen molar-refractivity contribution in [2.45, 2.75) is 26.2 Å². The van der Waals surface area contributed by atoms with Crippen LogP contribution in [0.15, 0.2) is 53.2 Å². The highest BCUT2D eigenvalue weighted by atomic mass is 35.5. The molecule has 0 saturated heterocycles. The zero-order chi connectivity index (χ0) is 19.1. The number of para-hydroxylation sites is 2. The number of hydrogen-bond donors (Lipinski definition) is 2. The molecule has 6 nitrogen and oxygen atoms in total. The molecular weight excluding hydrogens is 398 g/mol. The quantitative estimate of drug-likeness (QED) is 0.417. The average Bonchev–Trinajstić information content (AvgIpc) is 3.11. The van der Waals surface area contributed by atoms with Gasteiger partial charge in [0.05, 0.1) is 12.3 Å². The number of benzene rings is 1. The lowest BCUT2D eigenvalue weighted by Gasteiger charge is -2.14. The summed E-state index contributed by atoms with van der Waals surface area (Å²) in [5, 5.41) is 6.55. The minimum Gasteiger partial charge on any atom is -0.491 e. The maximum absolute atomic E-state index is 12.4. The van der Waals surface area contributed by atoms with Gasteiger partial charge >= 0.3 is 0 Å². The van der Waals surface area contributed by atoms with E-state index in [-0.39, 0.29) is 23.3 Å². The van der Waals surface area contributed by atoms with Gasteiger partial charge in [0.25, 0.3) is 5.91 Å². The Labute approximate surface area is 175 Å². The number of amides is 1. The highest BCUT2D eigenvalue weighted by Crippen LogP contribution is 2.24. The Balaban J connectivity index is 0.00000280. The van der Waals surface area contributed by atoms with Gasteiger partial charge in [-0.05, 0) is 42.9 Å². The Morgan fingerprint density at radius 2 is 2.07 bits per heavy atom. The van der Waals surface area contributed by atoms with Gasteiger partial charge in [-0.15, -0.1) is 12.4 Å². The largest absolute Gasteiger partial charge is 0.491 e. The van der Waals surface area contributed by atoms with E-state index in [2.05, 4.69) is 22.5 Å². The molecule has 0 saturated carbocycles. The van der Waals surface area contributed by atoms with Crippen molar-refractivity contribution >= 4 is 52.3 Å². The van der Waals surface area contributed by atoms with Crippen molar-refractivity contribution in [3.8, 4) is 5.75 Å². The van der Waals surface area contributed by atoms with Crippen LogP contribution in [0, 0.1) is 0 Å². The Kier molecular flexibility index (Phi) is 8.22. The van der Waals surface area contributed by atoms with Gasteiger partial charge in [-0.3, -0.25) is 15.1 Å². The molecule has 3 aromatic rings. The maximum Gasteiger partial charge on any atom is 0.293 e. The first-order chi connectivity index (χ1) is 13.2. The summed E-state index contributed by atoms with van der Waals surface area (Å²) >= 11 is 5.25. The molecule has 0 spiro atoms. The van der Waals surface area contributed by atoms with Crippen LogP contribution in [-0.2, 0) is 0 Å². The SMILES string of the molecule is CCCCCOc1ccccc1NC(=S)NC(=O)c1cc2cnccc2o1.Cl. The Morgan fingerprint density at radius 1 is 1.25 bits per heavy atom. The fraction of sp³-hybridized carbons (Fsp3) is 0.250. The van der Waals surface area contributed by atoms with Gasteiger partial charge in [0.15, 0.2) is 10.9 Å². The minimum atomic E-state index is -0.426. The zero-order valence-electron chi connectivity index (χ0n) is 15.4. The number of aromatic nitrogens is 1. The number of unbranched alkanes of at least 4 members (excludes halogenated alkanes) is 2. The van der Waals surface area contributed by atoms with Crippen molar-refractivity contribution in [3.05, 3.63) is 54.6 Å². The number of carbonyl (C=O) groups excluding carboxylic acids is 1. The first-order valence-electron chi connectivity index (χ1n) is 8.85. The molecule has 148 valence electrons. The molecule has 1 aromatic carbocycles. The van der Waals surface area contributed by atoms with Crippen LogP contribution in [0.5, 0.6) is 5.75 Å². The number of carbonyl (C=O) groups is 1. The van der Waals surface area contributed by atoms with Gasteiger partial charge in [0.1, 0.15) is 11.3 Å². The Morgan fingerprint density at radius 3 is 2.86 bits per heavy atom. The molecule has 3 rings (SSSR count). The maximum atomic E-state index is 12.4. The second kappa shape index (κ2) is 10.6. The van der Waals surface area contributed by atoms with E-state index in [4.69, 9.17) is 21.4 Å². The molecule has 0 aliphatic heterocycles. The van der Waals surface area contributed by atoms with E-state index in [0.717, 1.165) is 24.6 Å². The van der Waals surface area contributed by atoms with E-state index in [1.54, 1.807) is 24.5 Å². The van der Waals surface area contributed by atoms with Gasteiger partial charge in [-0.25, -0.2) is 0 Å². The molecule has 0 atom stereocenters. The molecule has 2 N–H and O–H groups in total. The van der Waals surface area contributed by atoms with E-state index in [0.29, 0.717) is 23.6 Å². The number of nitrogens with one attached hydrogen (secondary N) is 2. The van der Waals surface area contributed by atoms with Crippen LogP contribution < -0.4 is 15.4 Å². The highest BCUT2D eigenvalue weighted by molar-refractivity contribution is 7.80. The second-order valence-corrected chi connectivity index (χ2v) is 6.39. The number of rotatable bonds is 7. The van der Waals surface area contributed by atoms with Gasteiger partial charge in [-0.2, -0.15) is 0 Å². The highest BCUT2D eigenvalue weighted by Gasteiger charge is 2.14. The lowest BCUT2D eigenvalue weighted by molar-refractivity contribution is 0.0953. The number of fused-ring (bicyclic) bond motifs is 1. The average molecular weight is 420 g/mol. The van der Waals surface area contributed by atoms with Crippen molar-refractivity contribution in [3.63, 3.8) is 0 Å². The molecule has 28 heavy (non-hydrogen) atoms. The summed E-state index contributed by atoms with van der Waals surface area (Å²) in [5.74, 6) is 0.441. The first-order valence-corrected chi connectivity index (χ1v) is 9.26. The number of thiocarbonyl (C=S) groups is 1. The minimum absolute atomic E-state index is 0. The third-order valence-electron chi connectivity index (χ3n) is 3.91. The van der Waals surface area contributed by atoms with E-state index in [9.17, 15) is 4.79 Å². The molecule has 0 radical (unpaired) electrons. The number of ether oxygens (including phenoxy) is 1. The summed E-state index contributed by atoms with van der Waals surface area (Å²) in [6, 6.07) is 10.8. The monoisotopic (exact) mass is 419 g/mol. The topological polar surface area (TPSA) is 76.4 Å². The van der Waals surface area contributed by atoms with Crippen molar-refractivity contribution in [1.29, 1.82) is 0 Å². The molecule has 0 fully saturated rings. The lowest BCUT2D eigenvalue weighted by Crippen LogP contribution is -2.34. The van der Waals surface area contributed by atoms with E-state index in [1.165, 1.54) is 0 Å². The van der Waals surface area contributed by atoms with Crippen LogP contribution >= 0.6 is 24.6 Å². The molecule has 0 aliphatic carbocycles. The number of furan rings is 1. The van der Waals surface area contributed by atoms with Gasteiger partial charge in [0.2, 0.25) is 0 Å². The van der Waals surface area contributed by atoms with Crippen LogP contribution in [0.2, 0.25) is 0 Å². The standard InChI is InChI=1S/C20H21N3O3S.ClH/c1-2-3-6-11-25-17-8-5-4-7-15(17)22-20(27)23-19(24)18-12-14-13-21-10-9-16(14)26-18;/h4-5,7-10,12-13H,2-3,6,11H2,1H3,(H2,22,23,24,27);1H. The van der Waals surface area contributed by atoms with Crippen molar-refractivity contribution in [2.24, 2.45) is 0 Å². The summed E-state index contributed by atoms with van der Waals surface area (Å²) < 4.78 is 11.3. The lowest BCUT2D eigenvalue weighted by atomic mass is 10.2. The van der Waals surface area contributed by atoms with E-state index < -0.39 is 5.91 Å². The number of halogens is 1.